The summed E-state index contributed by atoms with van der Waals surface area (Å²) >= 11 is 6.14. The molecule has 2 aromatic heterocycles. The first kappa shape index (κ1) is 20.6. The summed E-state index contributed by atoms with van der Waals surface area (Å²) in [6, 6.07) is 7.84. The molecule has 0 radical (unpaired) electrons. The number of carbonyl (C=O) groups is 1. The van der Waals surface area contributed by atoms with Crippen LogP contribution in [0.3, 0.4) is 0 Å². The molecule has 3 aromatic rings. The van der Waals surface area contributed by atoms with Crippen LogP contribution in [0.25, 0.3) is 0 Å². The number of rotatable bonds is 6. The standard InChI is InChI=1S/C22H24ClFN4O2/c1-14-21(15(2)28(26-14)12-16-5-6-17(24)11-19(16)23)25-22(29)20-8-7-18(30-20)13-27-9-3-4-10-27/h5-8,11H,3-4,9-10,12-13H2,1-2H3,(H,25,29). The minimum atomic E-state index is -0.382. The van der Waals surface area contributed by atoms with Gasteiger partial charge in [-0.15, -0.1) is 0 Å². The minimum absolute atomic E-state index is 0.275. The molecule has 0 spiro atoms. The lowest BCUT2D eigenvalue weighted by Crippen LogP contribution is -2.18. The number of hydrogen-bond acceptors (Lipinski definition) is 4. The molecular formula is C22H24ClFN4O2. The molecule has 1 fully saturated rings. The fourth-order valence-electron chi connectivity index (χ4n) is 3.76. The number of benzene rings is 1. The van der Waals surface area contributed by atoms with Crippen LogP contribution in [-0.2, 0) is 13.1 Å². The third-order valence-electron chi connectivity index (χ3n) is 5.42. The molecule has 1 aliphatic rings. The van der Waals surface area contributed by atoms with Crippen LogP contribution in [0, 0.1) is 19.7 Å². The largest absolute Gasteiger partial charge is 0.455 e. The first-order valence-corrected chi connectivity index (χ1v) is 10.4. The van der Waals surface area contributed by atoms with Crippen molar-refractivity contribution in [2.24, 2.45) is 0 Å². The maximum atomic E-state index is 13.3. The Morgan fingerprint density at radius 3 is 2.70 bits per heavy atom. The Morgan fingerprint density at radius 2 is 1.97 bits per heavy atom. The van der Waals surface area contributed by atoms with Crippen LogP contribution in [0.5, 0.6) is 0 Å². The highest BCUT2D eigenvalue weighted by molar-refractivity contribution is 6.31. The van der Waals surface area contributed by atoms with Crippen LogP contribution in [0.1, 0.15) is 46.1 Å². The van der Waals surface area contributed by atoms with Gasteiger partial charge < -0.3 is 9.73 Å². The molecule has 8 heteroatoms. The molecule has 1 aliphatic heterocycles. The first-order chi connectivity index (χ1) is 14.4. The van der Waals surface area contributed by atoms with Crippen LogP contribution in [0.4, 0.5) is 10.1 Å². The van der Waals surface area contributed by atoms with E-state index < -0.39 is 0 Å². The molecule has 0 bridgehead atoms. The van der Waals surface area contributed by atoms with Gasteiger partial charge in [0.2, 0.25) is 0 Å². The average Bonchev–Trinajstić information content (AvgIpc) is 3.43. The van der Waals surface area contributed by atoms with E-state index in [2.05, 4.69) is 15.3 Å². The van der Waals surface area contributed by atoms with E-state index in [0.717, 1.165) is 36.7 Å². The number of halogens is 2. The predicted molar refractivity (Wildman–Crippen MR) is 113 cm³/mol. The van der Waals surface area contributed by atoms with Crippen LogP contribution < -0.4 is 5.32 Å². The SMILES string of the molecule is Cc1nn(Cc2ccc(F)cc2Cl)c(C)c1NC(=O)c1ccc(CN2CCCC2)o1. The summed E-state index contributed by atoms with van der Waals surface area (Å²) in [5.41, 5.74) is 2.85. The van der Waals surface area contributed by atoms with Crippen molar-refractivity contribution in [2.45, 2.75) is 39.8 Å². The highest BCUT2D eigenvalue weighted by atomic mass is 35.5. The van der Waals surface area contributed by atoms with Crippen molar-refractivity contribution in [1.82, 2.24) is 14.7 Å². The molecule has 0 aliphatic carbocycles. The number of likely N-dealkylation sites (tertiary alicyclic amines) is 1. The second kappa shape index (κ2) is 8.62. The van der Waals surface area contributed by atoms with Crippen molar-refractivity contribution in [2.75, 3.05) is 18.4 Å². The normalized spacial score (nSPS) is 14.4. The third kappa shape index (κ3) is 4.42. The molecule has 0 atom stereocenters. The fourth-order valence-corrected chi connectivity index (χ4v) is 3.99. The van der Waals surface area contributed by atoms with Crippen LogP contribution in [-0.4, -0.2) is 33.7 Å². The summed E-state index contributed by atoms with van der Waals surface area (Å²) in [6.07, 6.45) is 2.42. The number of nitrogens with one attached hydrogen (secondary N) is 1. The highest BCUT2D eigenvalue weighted by Gasteiger charge is 2.19. The van der Waals surface area contributed by atoms with Crippen molar-refractivity contribution in [3.8, 4) is 0 Å². The van der Waals surface area contributed by atoms with E-state index in [1.54, 1.807) is 16.8 Å². The summed E-state index contributed by atoms with van der Waals surface area (Å²) in [7, 11) is 0. The topological polar surface area (TPSA) is 63.3 Å². The Morgan fingerprint density at radius 1 is 1.20 bits per heavy atom. The second-order valence-electron chi connectivity index (χ2n) is 7.64. The Labute approximate surface area is 179 Å². The number of aryl methyl sites for hydroxylation is 1. The molecule has 158 valence electrons. The van der Waals surface area contributed by atoms with Gasteiger partial charge in [-0.25, -0.2) is 4.39 Å². The van der Waals surface area contributed by atoms with E-state index in [9.17, 15) is 9.18 Å². The molecule has 1 aromatic carbocycles. The summed E-state index contributed by atoms with van der Waals surface area (Å²) in [5.74, 6) is 0.371. The van der Waals surface area contributed by atoms with Gasteiger partial charge in [0.25, 0.3) is 5.91 Å². The Hall–Kier alpha value is -2.64. The van der Waals surface area contributed by atoms with Crippen molar-refractivity contribution >= 4 is 23.2 Å². The van der Waals surface area contributed by atoms with Gasteiger partial charge in [-0.3, -0.25) is 14.4 Å². The van der Waals surface area contributed by atoms with E-state index in [-0.39, 0.29) is 17.5 Å². The third-order valence-corrected chi connectivity index (χ3v) is 5.77. The van der Waals surface area contributed by atoms with Crippen LogP contribution in [0.15, 0.2) is 34.7 Å². The predicted octanol–water partition coefficient (Wildman–Crippen LogP) is 4.78. The minimum Gasteiger partial charge on any atom is -0.455 e. The van der Waals surface area contributed by atoms with Gasteiger partial charge in [0, 0.05) is 5.02 Å². The molecule has 1 N–H and O–H groups in total. The average molecular weight is 431 g/mol. The van der Waals surface area contributed by atoms with Gasteiger partial charge in [-0.2, -0.15) is 5.10 Å². The molecular weight excluding hydrogens is 407 g/mol. The molecule has 1 amide bonds. The lowest BCUT2D eigenvalue weighted by molar-refractivity contribution is 0.0993. The Bertz CT molecular complexity index is 1070. The summed E-state index contributed by atoms with van der Waals surface area (Å²) in [4.78, 5) is 15.0. The number of amides is 1. The quantitative estimate of drug-likeness (QED) is 0.611. The zero-order valence-corrected chi connectivity index (χ0v) is 17.8. The monoisotopic (exact) mass is 430 g/mol. The summed E-state index contributed by atoms with van der Waals surface area (Å²) in [5, 5.41) is 7.75. The number of nitrogens with zero attached hydrogens (tertiary/aromatic N) is 3. The Balaban J connectivity index is 1.46. The van der Waals surface area contributed by atoms with E-state index in [0.29, 0.717) is 22.9 Å². The highest BCUT2D eigenvalue weighted by Crippen LogP contribution is 2.24. The van der Waals surface area contributed by atoms with Crippen LogP contribution >= 0.6 is 11.6 Å². The van der Waals surface area contributed by atoms with Gasteiger partial charge >= 0.3 is 0 Å². The smallest absolute Gasteiger partial charge is 0.291 e. The fraction of sp³-hybridized carbons (Fsp3) is 0.364. The maximum absolute atomic E-state index is 13.3. The van der Waals surface area contributed by atoms with Gasteiger partial charge in [0.1, 0.15) is 11.6 Å². The van der Waals surface area contributed by atoms with Gasteiger partial charge in [-0.05, 0) is 69.6 Å². The number of carbonyl (C=O) groups excluding carboxylic acids is 1. The summed E-state index contributed by atoms with van der Waals surface area (Å²) in [6.45, 7) is 6.93. The molecule has 1 saturated heterocycles. The zero-order valence-electron chi connectivity index (χ0n) is 17.0. The lowest BCUT2D eigenvalue weighted by Gasteiger charge is -2.11. The van der Waals surface area contributed by atoms with Gasteiger partial charge in [0.15, 0.2) is 5.76 Å². The maximum Gasteiger partial charge on any atom is 0.291 e. The number of hydrogen-bond donors (Lipinski definition) is 1. The molecule has 3 heterocycles. The lowest BCUT2D eigenvalue weighted by atomic mass is 10.2. The molecule has 4 rings (SSSR count). The molecule has 6 nitrogen and oxygen atoms in total. The van der Waals surface area contributed by atoms with Crippen molar-refractivity contribution in [3.63, 3.8) is 0 Å². The van der Waals surface area contributed by atoms with Crippen molar-refractivity contribution in [1.29, 1.82) is 0 Å². The zero-order chi connectivity index (χ0) is 21.3. The molecule has 30 heavy (non-hydrogen) atoms. The molecule has 0 saturated carbocycles. The van der Waals surface area contributed by atoms with Crippen molar-refractivity contribution < 1.29 is 13.6 Å². The van der Waals surface area contributed by atoms with E-state index in [1.807, 2.05) is 19.9 Å². The summed E-state index contributed by atoms with van der Waals surface area (Å²) < 4.78 is 20.8. The van der Waals surface area contributed by atoms with E-state index in [4.69, 9.17) is 16.0 Å². The van der Waals surface area contributed by atoms with E-state index in [1.165, 1.54) is 25.0 Å². The molecule has 0 unspecified atom stereocenters. The van der Waals surface area contributed by atoms with E-state index >= 15 is 0 Å². The number of furan rings is 1. The van der Waals surface area contributed by atoms with Crippen molar-refractivity contribution in [3.05, 3.63) is 69.6 Å². The first-order valence-electron chi connectivity index (χ1n) is 10.0. The Kier molecular flexibility index (Phi) is 5.92. The number of anilines is 1. The van der Waals surface area contributed by atoms with Crippen LogP contribution in [0.2, 0.25) is 5.02 Å². The second-order valence-corrected chi connectivity index (χ2v) is 8.05. The number of aromatic nitrogens is 2. The van der Waals surface area contributed by atoms with Gasteiger partial charge in [0.05, 0.1) is 30.2 Å². The van der Waals surface area contributed by atoms with Gasteiger partial charge in [-0.1, -0.05) is 17.7 Å².